The van der Waals surface area contributed by atoms with Gasteiger partial charge in [-0.3, -0.25) is 4.79 Å². The van der Waals surface area contributed by atoms with E-state index in [1.54, 1.807) is 6.07 Å². The summed E-state index contributed by atoms with van der Waals surface area (Å²) >= 11 is 0. The molecule has 0 atom stereocenters. The summed E-state index contributed by atoms with van der Waals surface area (Å²) in [6.45, 7) is 6.16. The Morgan fingerprint density at radius 3 is 2.12 bits per heavy atom. The quantitative estimate of drug-likeness (QED) is 0.0629. The molecule has 0 bridgehead atoms. The van der Waals surface area contributed by atoms with E-state index < -0.39 is 0 Å². The van der Waals surface area contributed by atoms with Crippen LogP contribution in [0.15, 0.2) is 100 Å². The Morgan fingerprint density at radius 2 is 1.41 bits per heavy atom. The van der Waals surface area contributed by atoms with Gasteiger partial charge in [0.15, 0.2) is 11.0 Å². The van der Waals surface area contributed by atoms with Crippen molar-refractivity contribution >= 4 is 44.8 Å². The van der Waals surface area contributed by atoms with Gasteiger partial charge in [-0.1, -0.05) is 42.5 Å². The minimum atomic E-state index is -0.109. The molecule has 0 aliphatic carbocycles. The molecule has 13 nitrogen and oxygen atoms in total. The van der Waals surface area contributed by atoms with Gasteiger partial charge in [-0.15, -0.1) is 0 Å². The molecule has 1 aliphatic heterocycles. The van der Waals surface area contributed by atoms with Gasteiger partial charge in [-0.2, -0.15) is 0 Å². The Hall–Kier alpha value is -5.70. The lowest BCUT2D eigenvalue weighted by atomic mass is 9.96. The van der Waals surface area contributed by atoms with Crippen LogP contribution < -0.4 is 26.7 Å². The first-order valence-electron chi connectivity index (χ1n) is 19.7. The molecule has 0 saturated carbocycles. The smallest absolute Gasteiger partial charge is 0.193 e. The predicted molar refractivity (Wildman–Crippen MR) is 229 cm³/mol. The van der Waals surface area contributed by atoms with Gasteiger partial charge in [0.05, 0.1) is 88.4 Å². The number of nitrogens with two attached hydrogens (primary N) is 1. The molecule has 0 amide bonds. The van der Waals surface area contributed by atoms with E-state index in [0.717, 1.165) is 57.3 Å². The number of nitrogens with zero attached hydrogens (tertiary/aromatic N) is 2. The molecule has 4 aromatic carbocycles. The number of aromatic amines is 1. The first-order chi connectivity index (χ1) is 28.5. The highest BCUT2D eigenvalue weighted by molar-refractivity contribution is 6.00. The number of nitrogens with one attached hydrogen (secondary N) is 3. The predicted octanol–water partition coefficient (Wildman–Crippen LogP) is 6.03. The number of rotatable bonds is 21. The average molecular weight is 789 g/mol. The monoisotopic (exact) mass is 788 g/mol. The highest BCUT2D eigenvalue weighted by atomic mass is 16.6. The van der Waals surface area contributed by atoms with Crippen molar-refractivity contribution in [2.45, 2.75) is 13.0 Å². The lowest BCUT2D eigenvalue weighted by Gasteiger charge is -2.29. The molecule has 3 heterocycles. The van der Waals surface area contributed by atoms with E-state index in [2.05, 4.69) is 64.0 Å². The Morgan fingerprint density at radius 1 is 0.776 bits per heavy atom. The van der Waals surface area contributed by atoms with Gasteiger partial charge in [-0.05, 0) is 48.0 Å². The van der Waals surface area contributed by atoms with Crippen LogP contribution in [0.25, 0.3) is 44.7 Å². The maximum atomic E-state index is 12.9. The Labute approximate surface area is 338 Å². The van der Waals surface area contributed by atoms with Crippen LogP contribution in [0.2, 0.25) is 0 Å². The molecular formula is C45H52N6O7. The third kappa shape index (κ3) is 10.0. The van der Waals surface area contributed by atoms with Crippen molar-refractivity contribution in [2.75, 3.05) is 96.9 Å². The second-order valence-electron chi connectivity index (χ2n) is 13.9. The first kappa shape index (κ1) is 40.5. The van der Waals surface area contributed by atoms with Crippen LogP contribution in [-0.2, 0) is 36.6 Å². The fraction of sp³-hybridized carbons (Fsp3) is 0.333. The van der Waals surface area contributed by atoms with Crippen molar-refractivity contribution in [2.24, 2.45) is 5.73 Å². The van der Waals surface area contributed by atoms with Gasteiger partial charge in [0.25, 0.3) is 0 Å². The number of aromatic nitrogens is 2. The zero-order chi connectivity index (χ0) is 40.1. The highest BCUT2D eigenvalue weighted by Crippen LogP contribution is 2.34. The van der Waals surface area contributed by atoms with Gasteiger partial charge >= 0.3 is 0 Å². The summed E-state index contributed by atoms with van der Waals surface area (Å²) in [6, 6.07) is 29.5. The summed E-state index contributed by atoms with van der Waals surface area (Å²) in [7, 11) is 3.97. The molecule has 2 aromatic heterocycles. The molecule has 5 N–H and O–H groups in total. The molecule has 0 radical (unpaired) electrons. The van der Waals surface area contributed by atoms with Crippen LogP contribution in [0.5, 0.6) is 0 Å². The summed E-state index contributed by atoms with van der Waals surface area (Å²) in [6.07, 6.45) is 0.576. The van der Waals surface area contributed by atoms with E-state index in [0.29, 0.717) is 101 Å². The molecule has 304 valence electrons. The van der Waals surface area contributed by atoms with E-state index in [9.17, 15) is 4.79 Å². The third-order valence-corrected chi connectivity index (χ3v) is 9.94. The van der Waals surface area contributed by atoms with Crippen LogP contribution in [0.4, 0.5) is 11.4 Å². The number of hydrogen-bond acceptors (Lipinski definition) is 12. The van der Waals surface area contributed by atoms with E-state index in [-0.39, 0.29) is 5.43 Å². The first-order valence-corrected chi connectivity index (χ1v) is 19.7. The van der Waals surface area contributed by atoms with Gasteiger partial charge < -0.3 is 54.4 Å². The zero-order valence-electron chi connectivity index (χ0n) is 33.2. The Balaban J connectivity index is 0.727. The number of hydrogen-bond donors (Lipinski definition) is 4. The number of imidazole rings is 1. The van der Waals surface area contributed by atoms with Crippen molar-refractivity contribution in [1.82, 2.24) is 15.3 Å². The fourth-order valence-electron chi connectivity index (χ4n) is 6.95. The second kappa shape index (κ2) is 20.1. The summed E-state index contributed by atoms with van der Waals surface area (Å²) in [4.78, 5) is 23.3. The van der Waals surface area contributed by atoms with Crippen LogP contribution in [0.3, 0.4) is 0 Å². The fourth-order valence-corrected chi connectivity index (χ4v) is 6.95. The molecule has 6 aromatic rings. The minimum Gasteiger partial charge on any atom is -0.453 e. The van der Waals surface area contributed by atoms with Crippen molar-refractivity contribution in [3.63, 3.8) is 0 Å². The average Bonchev–Trinajstić information content (AvgIpc) is 3.68. The lowest BCUT2D eigenvalue weighted by molar-refractivity contribution is -0.0105. The molecule has 13 heteroatoms. The number of para-hydroxylation sites is 1. The number of benzene rings is 4. The number of fused-ring (bicyclic) bond motifs is 5. The molecule has 7 rings (SSSR count). The summed E-state index contributed by atoms with van der Waals surface area (Å²) in [5, 5.41) is 7.13. The minimum absolute atomic E-state index is 0.109. The van der Waals surface area contributed by atoms with E-state index in [1.807, 2.05) is 49.5 Å². The normalized spacial score (nSPS) is 14.0. The molecule has 0 spiro atoms. The van der Waals surface area contributed by atoms with Gasteiger partial charge in [0.2, 0.25) is 0 Å². The van der Waals surface area contributed by atoms with Crippen molar-refractivity contribution < 1.29 is 28.1 Å². The summed E-state index contributed by atoms with van der Waals surface area (Å²) < 4.78 is 34.8. The standard InChI is InChI=1S/C45H52N6O7/c1-47-33-13-11-31(12-14-33)40-29-39(52)36-15-16-37-44(45(36)58-40)50-41(49-37)17-19-53-21-23-55-25-27-57-28-26-56-24-22-54-20-18-48-43-35-9-5-6-10-38(35)51(2)30-32-7-3-4-8-34(32)42(43)46/h3-16,29,47-48H,17-28,30,46H2,1-2H3,(H,49,50)/b43-42-. The third-order valence-electron chi connectivity index (χ3n) is 9.94. The van der Waals surface area contributed by atoms with Crippen LogP contribution in [-0.4, -0.2) is 96.7 Å². The molecule has 0 saturated heterocycles. The Bertz CT molecular complexity index is 2360. The second-order valence-corrected chi connectivity index (χ2v) is 13.9. The SMILES string of the molecule is CNc1ccc(-c2cc(=O)c3ccc4[nH]c(CCOCCOCCOCCOCCOCCN/C5=C(\N)c6ccccc6CN(C)c6ccccc65)nc4c3o2)cc1. The molecule has 1 aliphatic rings. The van der Waals surface area contributed by atoms with Gasteiger partial charge in [-0.25, -0.2) is 4.98 Å². The van der Waals surface area contributed by atoms with E-state index >= 15 is 0 Å². The van der Waals surface area contributed by atoms with Crippen molar-refractivity contribution in [3.05, 3.63) is 124 Å². The topological polar surface area (TPSA) is 158 Å². The van der Waals surface area contributed by atoms with Gasteiger partial charge in [0, 0.05) is 67.7 Å². The Kier molecular flexibility index (Phi) is 14.1. The zero-order valence-corrected chi connectivity index (χ0v) is 33.2. The largest absolute Gasteiger partial charge is 0.453 e. The van der Waals surface area contributed by atoms with Gasteiger partial charge in [0.1, 0.15) is 17.1 Å². The molecule has 0 fully saturated rings. The maximum Gasteiger partial charge on any atom is 0.193 e. The van der Waals surface area contributed by atoms with Crippen LogP contribution >= 0.6 is 0 Å². The summed E-state index contributed by atoms with van der Waals surface area (Å²) in [5.74, 6) is 1.25. The molecule has 0 unspecified atom stereocenters. The van der Waals surface area contributed by atoms with E-state index in [1.165, 1.54) is 11.6 Å². The highest BCUT2D eigenvalue weighted by Gasteiger charge is 2.21. The number of ether oxygens (including phenoxy) is 5. The maximum absolute atomic E-state index is 12.9. The van der Waals surface area contributed by atoms with E-state index in [4.69, 9.17) is 38.8 Å². The summed E-state index contributed by atoms with van der Waals surface area (Å²) in [5.41, 5.74) is 16.4. The number of H-pyrrole nitrogens is 1. The molecule has 58 heavy (non-hydrogen) atoms. The van der Waals surface area contributed by atoms with Crippen LogP contribution in [0, 0.1) is 0 Å². The lowest BCUT2D eigenvalue weighted by Crippen LogP contribution is -2.27. The number of anilines is 2. The van der Waals surface area contributed by atoms with Crippen LogP contribution in [0.1, 0.15) is 22.5 Å². The van der Waals surface area contributed by atoms with Crippen molar-refractivity contribution in [1.29, 1.82) is 0 Å². The van der Waals surface area contributed by atoms with Crippen molar-refractivity contribution in [3.8, 4) is 11.3 Å². The molecular weight excluding hydrogens is 737 g/mol.